The van der Waals surface area contributed by atoms with Gasteiger partial charge in [-0.25, -0.2) is 0 Å². The van der Waals surface area contributed by atoms with E-state index in [-0.39, 0.29) is 0 Å². The van der Waals surface area contributed by atoms with Crippen molar-refractivity contribution >= 4 is 15.9 Å². The molecular formula is C15H22BrNO2. The van der Waals surface area contributed by atoms with Crippen molar-refractivity contribution in [2.75, 3.05) is 19.7 Å². The van der Waals surface area contributed by atoms with Crippen LogP contribution in [0.5, 0.6) is 5.75 Å². The first-order valence-electron chi connectivity index (χ1n) is 6.85. The first kappa shape index (κ1) is 14.8. The minimum Gasteiger partial charge on any atom is -0.491 e. The Bertz CT molecular complexity index is 390. The van der Waals surface area contributed by atoms with Crippen molar-refractivity contribution in [1.29, 1.82) is 0 Å². The van der Waals surface area contributed by atoms with E-state index in [1.807, 2.05) is 24.3 Å². The number of aliphatic hydroxyl groups is 1. The highest BCUT2D eigenvalue weighted by atomic mass is 79.9. The highest BCUT2D eigenvalue weighted by Gasteiger charge is 2.31. The number of hydrogen-bond donors (Lipinski definition) is 2. The second-order valence-electron chi connectivity index (χ2n) is 5.71. The van der Waals surface area contributed by atoms with Crippen molar-refractivity contribution in [1.82, 2.24) is 5.32 Å². The molecule has 0 saturated heterocycles. The van der Waals surface area contributed by atoms with Gasteiger partial charge in [0.2, 0.25) is 0 Å². The van der Waals surface area contributed by atoms with Crippen LogP contribution < -0.4 is 10.1 Å². The first-order chi connectivity index (χ1) is 9.07. The topological polar surface area (TPSA) is 41.5 Å². The third-order valence-electron chi connectivity index (χ3n) is 3.75. The second kappa shape index (κ2) is 6.73. The van der Waals surface area contributed by atoms with Crippen molar-refractivity contribution in [2.24, 2.45) is 5.41 Å². The molecule has 0 bridgehead atoms. The molecule has 1 saturated carbocycles. The number of hydrogen-bond acceptors (Lipinski definition) is 3. The normalized spacial score (nSPS) is 18.7. The molecule has 0 amide bonds. The Morgan fingerprint density at radius 3 is 2.63 bits per heavy atom. The third kappa shape index (κ3) is 4.79. The second-order valence-corrected chi connectivity index (χ2v) is 6.63. The molecule has 0 radical (unpaired) electrons. The molecule has 19 heavy (non-hydrogen) atoms. The van der Waals surface area contributed by atoms with Gasteiger partial charge in [0.1, 0.15) is 18.5 Å². The molecule has 1 aromatic rings. The molecule has 2 rings (SSSR count). The molecule has 106 valence electrons. The van der Waals surface area contributed by atoms with E-state index in [9.17, 15) is 5.11 Å². The van der Waals surface area contributed by atoms with Crippen molar-refractivity contribution in [2.45, 2.75) is 32.3 Å². The van der Waals surface area contributed by atoms with Crippen LogP contribution in [0.15, 0.2) is 28.7 Å². The van der Waals surface area contributed by atoms with Gasteiger partial charge in [0, 0.05) is 17.6 Å². The summed E-state index contributed by atoms with van der Waals surface area (Å²) in [5.41, 5.74) is 0.451. The van der Waals surface area contributed by atoms with E-state index in [0.29, 0.717) is 18.6 Å². The Hall–Kier alpha value is -0.580. The summed E-state index contributed by atoms with van der Waals surface area (Å²) in [6, 6.07) is 7.63. The van der Waals surface area contributed by atoms with Crippen LogP contribution in [0.25, 0.3) is 0 Å². The number of halogens is 1. The molecule has 0 spiro atoms. The van der Waals surface area contributed by atoms with E-state index >= 15 is 0 Å². The van der Waals surface area contributed by atoms with Crippen LogP contribution in [0.4, 0.5) is 0 Å². The molecule has 1 unspecified atom stereocenters. The molecule has 1 aliphatic rings. The predicted octanol–water partition coefficient (Wildman–Crippen LogP) is 2.97. The molecule has 1 atom stereocenters. The van der Waals surface area contributed by atoms with E-state index < -0.39 is 6.10 Å². The van der Waals surface area contributed by atoms with E-state index in [4.69, 9.17) is 4.74 Å². The predicted molar refractivity (Wildman–Crippen MR) is 80.5 cm³/mol. The summed E-state index contributed by atoms with van der Waals surface area (Å²) in [7, 11) is 0. The summed E-state index contributed by atoms with van der Waals surface area (Å²) >= 11 is 3.38. The number of rotatable bonds is 7. The highest BCUT2D eigenvalue weighted by molar-refractivity contribution is 9.10. The van der Waals surface area contributed by atoms with Crippen molar-refractivity contribution in [3.05, 3.63) is 28.7 Å². The van der Waals surface area contributed by atoms with Gasteiger partial charge < -0.3 is 15.2 Å². The lowest BCUT2D eigenvalue weighted by Gasteiger charge is -2.38. The van der Waals surface area contributed by atoms with Gasteiger partial charge in [-0.2, -0.15) is 0 Å². The van der Waals surface area contributed by atoms with Crippen LogP contribution in [0.2, 0.25) is 0 Å². The molecule has 1 fully saturated rings. The zero-order chi connectivity index (χ0) is 13.7. The molecule has 3 nitrogen and oxygen atoms in total. The summed E-state index contributed by atoms with van der Waals surface area (Å²) in [5.74, 6) is 0.785. The molecule has 0 aromatic heterocycles. The van der Waals surface area contributed by atoms with Gasteiger partial charge in [-0.1, -0.05) is 29.3 Å². The Morgan fingerprint density at radius 1 is 1.37 bits per heavy atom. The highest BCUT2D eigenvalue weighted by Crippen LogP contribution is 2.39. The zero-order valence-electron chi connectivity index (χ0n) is 11.4. The number of aliphatic hydroxyl groups excluding tert-OH is 1. The lowest BCUT2D eigenvalue weighted by atomic mass is 9.70. The van der Waals surface area contributed by atoms with Gasteiger partial charge >= 0.3 is 0 Å². The smallest absolute Gasteiger partial charge is 0.119 e. The minimum atomic E-state index is -0.465. The number of benzene rings is 1. The van der Waals surface area contributed by atoms with Gasteiger partial charge in [-0.15, -0.1) is 0 Å². The fraction of sp³-hybridized carbons (Fsp3) is 0.600. The van der Waals surface area contributed by atoms with Gasteiger partial charge in [0.25, 0.3) is 0 Å². The summed E-state index contributed by atoms with van der Waals surface area (Å²) in [6.45, 7) is 4.20. The maximum atomic E-state index is 9.86. The van der Waals surface area contributed by atoms with Crippen LogP contribution in [0.3, 0.4) is 0 Å². The summed E-state index contributed by atoms with van der Waals surface area (Å²) in [5, 5.41) is 13.2. The van der Waals surface area contributed by atoms with Gasteiger partial charge in [0.05, 0.1) is 0 Å². The maximum absolute atomic E-state index is 9.86. The lowest BCUT2D eigenvalue weighted by molar-refractivity contribution is 0.0946. The summed E-state index contributed by atoms with van der Waals surface area (Å²) in [6.07, 6.45) is 3.47. The molecule has 1 aliphatic carbocycles. The first-order valence-corrected chi connectivity index (χ1v) is 7.64. The van der Waals surface area contributed by atoms with Crippen LogP contribution in [-0.4, -0.2) is 30.9 Å². The fourth-order valence-corrected chi connectivity index (χ4v) is 2.54. The molecule has 1 aromatic carbocycles. The Kier molecular flexibility index (Phi) is 5.25. The standard InChI is InChI=1S/C15H22BrNO2/c1-15(7-2-8-15)11-17-9-13(18)10-19-14-5-3-12(16)4-6-14/h3-6,13,17-18H,2,7-11H2,1H3. The molecule has 0 heterocycles. The maximum Gasteiger partial charge on any atom is 0.119 e. The van der Waals surface area contributed by atoms with Crippen molar-refractivity contribution in [3.8, 4) is 5.75 Å². The Balaban J connectivity index is 1.61. The van der Waals surface area contributed by atoms with E-state index in [2.05, 4.69) is 28.2 Å². The summed E-state index contributed by atoms with van der Waals surface area (Å²) < 4.78 is 6.56. The molecular weight excluding hydrogens is 306 g/mol. The van der Waals surface area contributed by atoms with E-state index in [1.54, 1.807) is 0 Å². The largest absolute Gasteiger partial charge is 0.491 e. The van der Waals surface area contributed by atoms with Crippen LogP contribution in [0, 0.1) is 5.41 Å². The van der Waals surface area contributed by atoms with Crippen LogP contribution >= 0.6 is 15.9 Å². The average Bonchev–Trinajstić information content (AvgIpc) is 2.36. The molecule has 0 aliphatic heterocycles. The molecule has 4 heteroatoms. The quantitative estimate of drug-likeness (QED) is 0.809. The number of nitrogens with one attached hydrogen (secondary N) is 1. The molecule has 2 N–H and O–H groups in total. The SMILES string of the molecule is CC1(CNCC(O)COc2ccc(Br)cc2)CCC1. The zero-order valence-corrected chi connectivity index (χ0v) is 12.9. The fourth-order valence-electron chi connectivity index (χ4n) is 2.28. The third-order valence-corrected chi connectivity index (χ3v) is 4.28. The van der Waals surface area contributed by atoms with Gasteiger partial charge in [-0.05, 0) is 42.5 Å². The minimum absolute atomic E-state index is 0.325. The monoisotopic (exact) mass is 327 g/mol. The van der Waals surface area contributed by atoms with Crippen molar-refractivity contribution in [3.63, 3.8) is 0 Å². The van der Waals surface area contributed by atoms with Crippen LogP contribution in [0.1, 0.15) is 26.2 Å². The van der Waals surface area contributed by atoms with E-state index in [1.165, 1.54) is 19.3 Å². The summed E-state index contributed by atoms with van der Waals surface area (Å²) in [4.78, 5) is 0. The van der Waals surface area contributed by atoms with Gasteiger partial charge in [0.15, 0.2) is 0 Å². The van der Waals surface area contributed by atoms with Gasteiger partial charge in [-0.3, -0.25) is 0 Å². The Labute approximate surface area is 123 Å². The lowest BCUT2D eigenvalue weighted by Crippen LogP contribution is -2.41. The average molecular weight is 328 g/mol. The Morgan fingerprint density at radius 2 is 2.05 bits per heavy atom. The van der Waals surface area contributed by atoms with Crippen molar-refractivity contribution < 1.29 is 9.84 Å². The van der Waals surface area contributed by atoms with Crippen LogP contribution in [-0.2, 0) is 0 Å². The number of ether oxygens (including phenoxy) is 1. The van der Waals surface area contributed by atoms with E-state index in [0.717, 1.165) is 16.8 Å².